The molecule has 55 heavy (non-hydrogen) atoms. The highest BCUT2D eigenvalue weighted by Crippen LogP contribution is 2.52. The highest BCUT2D eigenvalue weighted by atomic mass is 16.6. The summed E-state index contributed by atoms with van der Waals surface area (Å²) in [5.41, 5.74) is 25.9. The summed E-state index contributed by atoms with van der Waals surface area (Å²) in [6.45, 7) is 10.4. The third-order valence-corrected chi connectivity index (χ3v) is 9.64. The van der Waals surface area contributed by atoms with E-state index in [4.69, 9.17) is 62.8 Å². The molecule has 0 saturated heterocycles. The fourth-order valence-electron chi connectivity index (χ4n) is 7.32. The van der Waals surface area contributed by atoms with Crippen LogP contribution in [-0.4, -0.2) is 115 Å². The molecule has 0 radical (unpaired) electrons. The third kappa shape index (κ3) is 15.9. The van der Waals surface area contributed by atoms with Crippen LogP contribution in [0.3, 0.4) is 0 Å². The minimum atomic E-state index is -1.72. The Bertz CT molecular complexity index is 1260. The Morgan fingerprint density at radius 3 is 0.945 bits per heavy atom. The van der Waals surface area contributed by atoms with Gasteiger partial charge in [0, 0.05) is 39.3 Å². The molecule has 0 aliphatic rings. The highest BCUT2D eigenvalue weighted by molar-refractivity contribution is 5.85. The van der Waals surface area contributed by atoms with Crippen molar-refractivity contribution < 1.29 is 57.2 Å². The van der Waals surface area contributed by atoms with Crippen molar-refractivity contribution in [2.75, 3.05) is 78.9 Å². The zero-order valence-corrected chi connectivity index (χ0v) is 34.2. The predicted molar refractivity (Wildman–Crippen MR) is 203 cm³/mol. The van der Waals surface area contributed by atoms with Gasteiger partial charge in [-0.2, -0.15) is 0 Å². The van der Waals surface area contributed by atoms with Crippen LogP contribution < -0.4 is 34.4 Å². The number of carbonyl (C=O) groups excluding carboxylic acids is 6. The standard InChI is InChI=1S/C37H70N6O12/c1-8-33(3,28(45)51-16-10-39)22-35(5,30(47)53-18-12-41)24-37(7,32(49)55-20-14-43)25-36(6,31(48)54-19-13-42)23-34(4,29(46)52-17-11-40)21-26(2)27(44)50-15-9-38/h26H,8-25,38-43H2,1-7H3. The molecule has 0 aliphatic carbocycles. The SMILES string of the molecule is CCC(C)(CC(C)(CC(C)(CC(C)(CC(C)(CC(C)C(=O)OCCN)C(=O)OCCN)C(=O)OCCN)C(=O)OCCN)C(=O)OCCN)C(=O)OCCN. The molecule has 6 unspecified atom stereocenters. The number of hydrogen-bond donors (Lipinski definition) is 6. The molecule has 0 aromatic carbocycles. The lowest BCUT2D eigenvalue weighted by Crippen LogP contribution is -2.49. The Morgan fingerprint density at radius 1 is 0.418 bits per heavy atom. The van der Waals surface area contributed by atoms with Crippen molar-refractivity contribution in [3.8, 4) is 0 Å². The lowest BCUT2D eigenvalue weighted by molar-refractivity contribution is -0.174. The van der Waals surface area contributed by atoms with Crippen molar-refractivity contribution in [3.63, 3.8) is 0 Å². The Labute approximate surface area is 326 Å². The molecule has 18 nitrogen and oxygen atoms in total. The fourth-order valence-corrected chi connectivity index (χ4v) is 7.32. The van der Waals surface area contributed by atoms with E-state index in [0.717, 1.165) is 0 Å². The first kappa shape index (κ1) is 51.6. The van der Waals surface area contributed by atoms with Crippen molar-refractivity contribution >= 4 is 35.8 Å². The Balaban J connectivity index is 7.66. The first-order valence-electron chi connectivity index (χ1n) is 18.9. The molecular formula is C37H70N6O12. The molecular weight excluding hydrogens is 720 g/mol. The van der Waals surface area contributed by atoms with E-state index in [1.807, 2.05) is 0 Å². The minimum absolute atomic E-state index is 0.00327. The minimum Gasteiger partial charge on any atom is -0.464 e. The van der Waals surface area contributed by atoms with Crippen LogP contribution in [-0.2, 0) is 57.2 Å². The summed E-state index contributed by atoms with van der Waals surface area (Å²) >= 11 is 0. The second-order valence-corrected chi connectivity index (χ2v) is 15.5. The van der Waals surface area contributed by atoms with Crippen LogP contribution in [0.5, 0.6) is 0 Å². The molecule has 0 bridgehead atoms. The molecule has 0 aromatic rings. The molecule has 0 saturated carbocycles. The van der Waals surface area contributed by atoms with Gasteiger partial charge < -0.3 is 62.8 Å². The molecule has 6 atom stereocenters. The molecule has 320 valence electrons. The zero-order valence-electron chi connectivity index (χ0n) is 34.2. The van der Waals surface area contributed by atoms with Gasteiger partial charge in [0.25, 0.3) is 0 Å². The first-order chi connectivity index (χ1) is 25.7. The number of nitrogens with two attached hydrogens (primary N) is 6. The van der Waals surface area contributed by atoms with Gasteiger partial charge in [0.05, 0.1) is 33.0 Å². The van der Waals surface area contributed by atoms with E-state index in [1.54, 1.807) is 27.7 Å². The van der Waals surface area contributed by atoms with Crippen molar-refractivity contribution in [1.82, 2.24) is 0 Å². The summed E-state index contributed by atoms with van der Waals surface area (Å²) in [5.74, 6) is -5.24. The number of ether oxygens (including phenoxy) is 6. The molecule has 0 heterocycles. The molecule has 0 amide bonds. The summed E-state index contributed by atoms with van der Waals surface area (Å²) in [6, 6.07) is 0. The predicted octanol–water partition coefficient (Wildman–Crippen LogP) is 0.0259. The van der Waals surface area contributed by atoms with Crippen molar-refractivity contribution in [2.24, 2.45) is 67.4 Å². The van der Waals surface area contributed by atoms with Crippen LogP contribution in [0.15, 0.2) is 0 Å². The number of carbonyl (C=O) groups is 6. The van der Waals surface area contributed by atoms with E-state index in [9.17, 15) is 28.8 Å². The summed E-state index contributed by atoms with van der Waals surface area (Å²) in [6.07, 6.45) is -1.04. The topological polar surface area (TPSA) is 314 Å². The summed E-state index contributed by atoms with van der Waals surface area (Å²) < 4.78 is 32.9. The Hall–Kier alpha value is -3.42. The molecule has 0 rings (SSSR count). The van der Waals surface area contributed by atoms with Crippen LogP contribution in [0.4, 0.5) is 0 Å². The maximum absolute atomic E-state index is 14.3. The average molecular weight is 791 g/mol. The van der Waals surface area contributed by atoms with Crippen molar-refractivity contribution in [1.29, 1.82) is 0 Å². The Morgan fingerprint density at radius 2 is 0.655 bits per heavy atom. The van der Waals surface area contributed by atoms with Crippen LogP contribution >= 0.6 is 0 Å². The zero-order chi connectivity index (χ0) is 42.5. The molecule has 0 aromatic heterocycles. The normalized spacial score (nSPS) is 17.4. The third-order valence-electron chi connectivity index (χ3n) is 9.64. The molecule has 18 heteroatoms. The van der Waals surface area contributed by atoms with E-state index in [1.165, 1.54) is 20.8 Å². The number of hydrogen-bond acceptors (Lipinski definition) is 18. The van der Waals surface area contributed by atoms with Gasteiger partial charge in [-0.3, -0.25) is 28.8 Å². The Kier molecular flexibility index (Phi) is 22.8. The molecule has 0 spiro atoms. The van der Waals surface area contributed by atoms with Crippen LogP contribution in [0.1, 0.15) is 87.0 Å². The van der Waals surface area contributed by atoms with Gasteiger partial charge in [0.1, 0.15) is 39.6 Å². The van der Waals surface area contributed by atoms with E-state index >= 15 is 0 Å². The first-order valence-corrected chi connectivity index (χ1v) is 18.9. The monoisotopic (exact) mass is 791 g/mol. The summed E-state index contributed by atoms with van der Waals surface area (Å²) in [4.78, 5) is 82.7. The highest BCUT2D eigenvalue weighted by Gasteiger charge is 2.56. The maximum atomic E-state index is 14.3. The summed E-state index contributed by atoms with van der Waals surface area (Å²) in [5, 5.41) is 0. The average Bonchev–Trinajstić information content (AvgIpc) is 3.14. The van der Waals surface area contributed by atoms with Crippen LogP contribution in [0.25, 0.3) is 0 Å². The van der Waals surface area contributed by atoms with E-state index < -0.39 is 68.8 Å². The summed E-state index contributed by atoms with van der Waals surface area (Å²) in [7, 11) is 0. The smallest absolute Gasteiger partial charge is 0.311 e. The van der Waals surface area contributed by atoms with E-state index in [0.29, 0.717) is 0 Å². The molecule has 0 fully saturated rings. The quantitative estimate of drug-likeness (QED) is 0.0430. The van der Waals surface area contributed by atoms with E-state index in [2.05, 4.69) is 0 Å². The van der Waals surface area contributed by atoms with Crippen molar-refractivity contribution in [3.05, 3.63) is 0 Å². The van der Waals surface area contributed by atoms with Crippen molar-refractivity contribution in [2.45, 2.75) is 87.0 Å². The number of rotatable bonds is 29. The van der Waals surface area contributed by atoms with Gasteiger partial charge in [-0.25, -0.2) is 0 Å². The largest absolute Gasteiger partial charge is 0.464 e. The van der Waals surface area contributed by atoms with E-state index in [-0.39, 0.29) is 117 Å². The lowest BCUT2D eigenvalue weighted by Gasteiger charge is -2.45. The van der Waals surface area contributed by atoms with Crippen LogP contribution in [0.2, 0.25) is 0 Å². The maximum Gasteiger partial charge on any atom is 0.311 e. The molecule has 0 aliphatic heterocycles. The fraction of sp³-hybridized carbons (Fsp3) is 0.838. The lowest BCUT2D eigenvalue weighted by atomic mass is 9.58. The van der Waals surface area contributed by atoms with Gasteiger partial charge in [-0.05, 0) is 73.1 Å². The van der Waals surface area contributed by atoms with Crippen LogP contribution in [0, 0.1) is 33.0 Å². The second kappa shape index (κ2) is 24.3. The molecule has 12 N–H and O–H groups in total. The van der Waals surface area contributed by atoms with Gasteiger partial charge in [0.2, 0.25) is 0 Å². The van der Waals surface area contributed by atoms with Gasteiger partial charge in [0.15, 0.2) is 0 Å². The van der Waals surface area contributed by atoms with Gasteiger partial charge in [-0.1, -0.05) is 13.8 Å². The van der Waals surface area contributed by atoms with Gasteiger partial charge >= 0.3 is 35.8 Å². The van der Waals surface area contributed by atoms with Gasteiger partial charge in [-0.15, -0.1) is 0 Å². The second-order valence-electron chi connectivity index (χ2n) is 15.5. The number of esters is 6.